The second-order valence-electron chi connectivity index (χ2n) is 3.91. The van der Waals surface area contributed by atoms with Crippen LogP contribution in [0, 0.1) is 0 Å². The molecule has 1 fully saturated rings. The largest absolute Gasteiger partial charge is 0.390 e. The number of rotatable bonds is 2. The van der Waals surface area contributed by atoms with Gasteiger partial charge in [-0.05, 0) is 5.56 Å². The first kappa shape index (κ1) is 9.65. The molecule has 0 aromatic heterocycles. The summed E-state index contributed by atoms with van der Waals surface area (Å²) in [7, 11) is 0. The molecule has 1 saturated heterocycles. The van der Waals surface area contributed by atoms with Crippen LogP contribution >= 0.6 is 0 Å². The van der Waals surface area contributed by atoms with Gasteiger partial charge in [-0.25, -0.2) is 0 Å². The van der Waals surface area contributed by atoms with Crippen molar-refractivity contribution < 1.29 is 5.11 Å². The van der Waals surface area contributed by atoms with Gasteiger partial charge in [-0.1, -0.05) is 30.3 Å². The lowest BCUT2D eigenvalue weighted by molar-refractivity contribution is 0.164. The minimum atomic E-state index is -0.362. The average Bonchev–Trinajstić information content (AvgIpc) is 2.47. The van der Waals surface area contributed by atoms with Gasteiger partial charge in [-0.3, -0.25) is 4.90 Å². The smallest absolute Gasteiger partial charge is 0.0830 e. The summed E-state index contributed by atoms with van der Waals surface area (Å²) in [4.78, 5) is 2.19. The van der Waals surface area contributed by atoms with E-state index in [1.165, 1.54) is 5.56 Å². The van der Waals surface area contributed by atoms with E-state index in [-0.39, 0.29) is 12.1 Å². The van der Waals surface area contributed by atoms with Gasteiger partial charge in [0, 0.05) is 25.7 Å². The van der Waals surface area contributed by atoms with Gasteiger partial charge < -0.3 is 10.8 Å². The van der Waals surface area contributed by atoms with E-state index in [4.69, 9.17) is 5.73 Å². The first-order chi connectivity index (χ1) is 6.75. The summed E-state index contributed by atoms with van der Waals surface area (Å²) in [5.41, 5.74) is 7.00. The fourth-order valence-electron chi connectivity index (χ4n) is 1.87. The van der Waals surface area contributed by atoms with Crippen molar-refractivity contribution >= 4 is 0 Å². The van der Waals surface area contributed by atoms with Gasteiger partial charge in [0.15, 0.2) is 0 Å². The van der Waals surface area contributed by atoms with E-state index >= 15 is 0 Å². The summed E-state index contributed by atoms with van der Waals surface area (Å²) in [6, 6.07) is 10.2. The maximum Gasteiger partial charge on any atom is 0.0830 e. The first-order valence-corrected chi connectivity index (χ1v) is 4.95. The molecule has 1 unspecified atom stereocenters. The lowest BCUT2D eigenvalue weighted by atomic mass is 10.2. The standard InChI is InChI=1S/C11H16N2O/c12-10-7-13(8-11(10)14)6-9-4-2-1-3-5-9/h1-5,10-11,14H,6-8,12H2/t10-,11?/m1/s1. The number of aliphatic hydroxyl groups is 1. The molecule has 76 valence electrons. The highest BCUT2D eigenvalue weighted by atomic mass is 16.3. The maximum absolute atomic E-state index is 9.48. The van der Waals surface area contributed by atoms with Crippen molar-refractivity contribution in [1.29, 1.82) is 0 Å². The van der Waals surface area contributed by atoms with Gasteiger partial charge in [0.2, 0.25) is 0 Å². The van der Waals surface area contributed by atoms with Crippen LogP contribution in [-0.4, -0.2) is 35.2 Å². The number of hydrogen-bond acceptors (Lipinski definition) is 3. The first-order valence-electron chi connectivity index (χ1n) is 4.95. The van der Waals surface area contributed by atoms with Gasteiger partial charge in [-0.15, -0.1) is 0 Å². The van der Waals surface area contributed by atoms with E-state index in [2.05, 4.69) is 17.0 Å². The predicted molar refractivity (Wildman–Crippen MR) is 55.7 cm³/mol. The van der Waals surface area contributed by atoms with Crippen molar-refractivity contribution in [2.24, 2.45) is 5.73 Å². The van der Waals surface area contributed by atoms with E-state index < -0.39 is 0 Å². The molecule has 0 spiro atoms. The third kappa shape index (κ3) is 2.12. The Morgan fingerprint density at radius 3 is 2.57 bits per heavy atom. The summed E-state index contributed by atoms with van der Waals surface area (Å²) < 4.78 is 0. The topological polar surface area (TPSA) is 49.5 Å². The van der Waals surface area contributed by atoms with E-state index in [0.717, 1.165) is 13.1 Å². The Balaban J connectivity index is 1.94. The average molecular weight is 192 g/mol. The van der Waals surface area contributed by atoms with Crippen molar-refractivity contribution in [2.75, 3.05) is 13.1 Å². The minimum Gasteiger partial charge on any atom is -0.390 e. The summed E-state index contributed by atoms with van der Waals surface area (Å²) in [6.07, 6.45) is -0.362. The lowest BCUT2D eigenvalue weighted by Gasteiger charge is -2.14. The molecule has 1 heterocycles. The van der Waals surface area contributed by atoms with Crippen molar-refractivity contribution in [3.63, 3.8) is 0 Å². The van der Waals surface area contributed by atoms with Crippen LogP contribution in [0.2, 0.25) is 0 Å². The second kappa shape index (κ2) is 4.09. The maximum atomic E-state index is 9.48. The Labute approximate surface area is 84.1 Å². The zero-order chi connectivity index (χ0) is 9.97. The molecule has 2 rings (SSSR count). The Bertz CT molecular complexity index is 279. The molecule has 0 radical (unpaired) electrons. The Hall–Kier alpha value is -0.900. The van der Waals surface area contributed by atoms with E-state index in [9.17, 15) is 5.11 Å². The number of nitrogens with zero attached hydrogens (tertiary/aromatic N) is 1. The zero-order valence-corrected chi connectivity index (χ0v) is 8.13. The third-order valence-electron chi connectivity index (χ3n) is 2.66. The molecule has 0 amide bonds. The van der Waals surface area contributed by atoms with Gasteiger partial charge in [0.25, 0.3) is 0 Å². The number of β-amino-alcohol motifs (C(OH)–C–C–N with tert-alkyl or cyclic N) is 1. The highest BCUT2D eigenvalue weighted by Gasteiger charge is 2.27. The van der Waals surface area contributed by atoms with Crippen LogP contribution in [-0.2, 0) is 6.54 Å². The molecule has 3 nitrogen and oxygen atoms in total. The van der Waals surface area contributed by atoms with Gasteiger partial charge in [-0.2, -0.15) is 0 Å². The molecule has 0 bridgehead atoms. The second-order valence-corrected chi connectivity index (χ2v) is 3.91. The molecule has 0 saturated carbocycles. The number of hydrogen-bond donors (Lipinski definition) is 2. The van der Waals surface area contributed by atoms with Crippen LogP contribution in [0.15, 0.2) is 30.3 Å². The summed E-state index contributed by atoms with van der Waals surface area (Å²) in [5.74, 6) is 0. The van der Waals surface area contributed by atoms with Crippen LogP contribution in [0.4, 0.5) is 0 Å². The van der Waals surface area contributed by atoms with Gasteiger partial charge in [0.1, 0.15) is 0 Å². The van der Waals surface area contributed by atoms with Crippen LogP contribution in [0.25, 0.3) is 0 Å². The SMILES string of the molecule is N[C@@H]1CN(Cc2ccccc2)CC1O. The van der Waals surface area contributed by atoms with Crippen molar-refractivity contribution in [1.82, 2.24) is 4.90 Å². The number of likely N-dealkylation sites (tertiary alicyclic amines) is 1. The molecule has 1 aliphatic heterocycles. The highest BCUT2D eigenvalue weighted by molar-refractivity contribution is 5.14. The summed E-state index contributed by atoms with van der Waals surface area (Å²) in [6.45, 7) is 2.36. The van der Waals surface area contributed by atoms with Crippen LogP contribution in [0.3, 0.4) is 0 Å². The van der Waals surface area contributed by atoms with Crippen LogP contribution < -0.4 is 5.73 Å². The highest BCUT2D eigenvalue weighted by Crippen LogP contribution is 2.12. The number of aliphatic hydroxyl groups excluding tert-OH is 1. The molecule has 14 heavy (non-hydrogen) atoms. The van der Waals surface area contributed by atoms with Gasteiger partial charge in [0.05, 0.1) is 6.10 Å². The van der Waals surface area contributed by atoms with Crippen molar-refractivity contribution in [3.8, 4) is 0 Å². The molecule has 0 aliphatic carbocycles. The number of benzene rings is 1. The third-order valence-corrected chi connectivity index (χ3v) is 2.66. The zero-order valence-electron chi connectivity index (χ0n) is 8.13. The Morgan fingerprint density at radius 2 is 2.00 bits per heavy atom. The van der Waals surface area contributed by atoms with Gasteiger partial charge >= 0.3 is 0 Å². The minimum absolute atomic E-state index is 0.0845. The van der Waals surface area contributed by atoms with Crippen LogP contribution in [0.1, 0.15) is 5.56 Å². The molecule has 3 heteroatoms. The van der Waals surface area contributed by atoms with Crippen LogP contribution in [0.5, 0.6) is 0 Å². The summed E-state index contributed by atoms with van der Waals surface area (Å²) in [5, 5.41) is 9.48. The van der Waals surface area contributed by atoms with Crippen molar-refractivity contribution in [3.05, 3.63) is 35.9 Å². The molecular formula is C11H16N2O. The normalized spacial score (nSPS) is 28.1. The summed E-state index contributed by atoms with van der Waals surface area (Å²) >= 11 is 0. The van der Waals surface area contributed by atoms with E-state index in [1.54, 1.807) is 0 Å². The quantitative estimate of drug-likeness (QED) is 0.703. The molecule has 1 aromatic rings. The Morgan fingerprint density at radius 1 is 1.29 bits per heavy atom. The molecule has 1 aromatic carbocycles. The molecular weight excluding hydrogens is 176 g/mol. The monoisotopic (exact) mass is 192 g/mol. The fraction of sp³-hybridized carbons (Fsp3) is 0.455. The molecule has 2 atom stereocenters. The Kier molecular flexibility index (Phi) is 2.82. The predicted octanol–water partition coefficient (Wildman–Crippen LogP) is 0.190. The van der Waals surface area contributed by atoms with Crippen molar-refractivity contribution in [2.45, 2.75) is 18.7 Å². The molecule has 3 N–H and O–H groups in total. The lowest BCUT2D eigenvalue weighted by Crippen LogP contribution is -2.32. The van der Waals surface area contributed by atoms with E-state index in [0.29, 0.717) is 6.54 Å². The fourth-order valence-corrected chi connectivity index (χ4v) is 1.87. The number of nitrogens with two attached hydrogens (primary N) is 1. The molecule has 1 aliphatic rings. The van der Waals surface area contributed by atoms with E-state index in [1.807, 2.05) is 18.2 Å².